The number of nitrogens with zero attached hydrogens (tertiary/aromatic N) is 4. The van der Waals surface area contributed by atoms with E-state index in [0.717, 1.165) is 29.0 Å². The van der Waals surface area contributed by atoms with E-state index in [9.17, 15) is 0 Å². The SMILES string of the molecule is CC(C)(C)c1nc(CN2CCCC2c2ccc(Br)cn2)no1. The summed E-state index contributed by atoms with van der Waals surface area (Å²) in [4.78, 5) is 11.5. The number of pyridine rings is 1. The first-order chi connectivity index (χ1) is 10.4. The highest BCUT2D eigenvalue weighted by Gasteiger charge is 2.29. The number of likely N-dealkylation sites (tertiary alicyclic amines) is 1. The van der Waals surface area contributed by atoms with E-state index in [1.807, 2.05) is 12.3 Å². The maximum absolute atomic E-state index is 5.39. The molecule has 1 fully saturated rings. The van der Waals surface area contributed by atoms with Crippen LogP contribution in [0.1, 0.15) is 57.1 Å². The molecule has 0 saturated carbocycles. The van der Waals surface area contributed by atoms with E-state index in [2.05, 4.69) is 62.8 Å². The van der Waals surface area contributed by atoms with E-state index >= 15 is 0 Å². The predicted octanol–water partition coefficient (Wildman–Crippen LogP) is 3.86. The molecule has 22 heavy (non-hydrogen) atoms. The van der Waals surface area contributed by atoms with Gasteiger partial charge in [0.15, 0.2) is 5.82 Å². The monoisotopic (exact) mass is 364 g/mol. The predicted molar refractivity (Wildman–Crippen MR) is 87.3 cm³/mol. The number of halogens is 1. The average molecular weight is 365 g/mol. The zero-order valence-corrected chi connectivity index (χ0v) is 14.8. The Bertz CT molecular complexity index is 632. The highest BCUT2D eigenvalue weighted by Crippen LogP contribution is 2.32. The second kappa shape index (κ2) is 6.08. The minimum Gasteiger partial charge on any atom is -0.339 e. The van der Waals surface area contributed by atoms with Crippen LogP contribution in [0.4, 0.5) is 0 Å². The molecule has 1 aliphatic heterocycles. The summed E-state index contributed by atoms with van der Waals surface area (Å²) >= 11 is 3.44. The summed E-state index contributed by atoms with van der Waals surface area (Å²) in [5, 5.41) is 4.13. The van der Waals surface area contributed by atoms with Crippen LogP contribution < -0.4 is 0 Å². The molecule has 1 saturated heterocycles. The van der Waals surface area contributed by atoms with Gasteiger partial charge in [-0.2, -0.15) is 4.98 Å². The molecular formula is C16H21BrN4O. The molecule has 1 atom stereocenters. The molecule has 5 nitrogen and oxygen atoms in total. The molecule has 0 bridgehead atoms. The highest BCUT2D eigenvalue weighted by molar-refractivity contribution is 9.10. The van der Waals surface area contributed by atoms with Crippen molar-refractivity contribution in [3.63, 3.8) is 0 Å². The van der Waals surface area contributed by atoms with Gasteiger partial charge >= 0.3 is 0 Å². The fourth-order valence-electron chi connectivity index (χ4n) is 2.74. The minimum atomic E-state index is -0.108. The molecule has 1 aliphatic rings. The van der Waals surface area contributed by atoms with Crippen LogP contribution in [0.5, 0.6) is 0 Å². The summed E-state index contributed by atoms with van der Waals surface area (Å²) in [6.07, 6.45) is 4.16. The first kappa shape index (κ1) is 15.6. The number of hydrogen-bond donors (Lipinski definition) is 0. The van der Waals surface area contributed by atoms with E-state index < -0.39 is 0 Å². The first-order valence-electron chi connectivity index (χ1n) is 7.62. The molecule has 0 aliphatic carbocycles. The Morgan fingerprint density at radius 3 is 2.82 bits per heavy atom. The maximum Gasteiger partial charge on any atom is 0.232 e. The van der Waals surface area contributed by atoms with E-state index in [0.29, 0.717) is 18.5 Å². The lowest BCUT2D eigenvalue weighted by atomic mass is 9.97. The van der Waals surface area contributed by atoms with Gasteiger partial charge in [-0.3, -0.25) is 9.88 Å². The van der Waals surface area contributed by atoms with Crippen LogP contribution in [0.25, 0.3) is 0 Å². The van der Waals surface area contributed by atoms with Crippen molar-refractivity contribution in [2.24, 2.45) is 0 Å². The molecule has 0 N–H and O–H groups in total. The Balaban J connectivity index is 1.74. The van der Waals surface area contributed by atoms with Crippen molar-refractivity contribution in [1.82, 2.24) is 20.0 Å². The van der Waals surface area contributed by atoms with E-state index in [1.54, 1.807) is 0 Å². The molecule has 6 heteroatoms. The molecule has 1 unspecified atom stereocenters. The summed E-state index contributed by atoms with van der Waals surface area (Å²) in [6.45, 7) is 7.99. The molecule has 0 spiro atoms. The topological polar surface area (TPSA) is 55.1 Å². The van der Waals surface area contributed by atoms with Gasteiger partial charge in [0.25, 0.3) is 0 Å². The lowest BCUT2D eigenvalue weighted by molar-refractivity contribution is 0.233. The summed E-state index contributed by atoms with van der Waals surface area (Å²) in [6, 6.07) is 4.47. The first-order valence-corrected chi connectivity index (χ1v) is 8.41. The summed E-state index contributed by atoms with van der Waals surface area (Å²) in [5.74, 6) is 1.45. The summed E-state index contributed by atoms with van der Waals surface area (Å²) in [7, 11) is 0. The molecular weight excluding hydrogens is 344 g/mol. The molecule has 118 valence electrons. The average Bonchev–Trinajstić information content (AvgIpc) is 3.09. The van der Waals surface area contributed by atoms with Gasteiger partial charge in [0, 0.05) is 16.1 Å². The van der Waals surface area contributed by atoms with Gasteiger partial charge in [-0.05, 0) is 47.4 Å². The van der Waals surface area contributed by atoms with Gasteiger partial charge in [0.1, 0.15) is 0 Å². The van der Waals surface area contributed by atoms with Gasteiger partial charge in [-0.1, -0.05) is 25.9 Å². The van der Waals surface area contributed by atoms with Crippen LogP contribution in [-0.2, 0) is 12.0 Å². The Labute approximate surface area is 139 Å². The van der Waals surface area contributed by atoms with Crippen molar-refractivity contribution in [2.75, 3.05) is 6.54 Å². The van der Waals surface area contributed by atoms with Crippen LogP contribution in [0, 0.1) is 0 Å². The number of hydrogen-bond acceptors (Lipinski definition) is 5. The van der Waals surface area contributed by atoms with Crippen LogP contribution >= 0.6 is 15.9 Å². The molecule has 3 rings (SSSR count). The highest BCUT2D eigenvalue weighted by atomic mass is 79.9. The second-order valence-electron chi connectivity index (χ2n) is 6.80. The van der Waals surface area contributed by atoms with E-state index in [4.69, 9.17) is 4.52 Å². The Kier molecular flexibility index (Phi) is 4.32. The molecule has 2 aromatic heterocycles. The molecule has 3 heterocycles. The Morgan fingerprint density at radius 2 is 2.18 bits per heavy atom. The van der Waals surface area contributed by atoms with Crippen molar-refractivity contribution < 1.29 is 4.52 Å². The van der Waals surface area contributed by atoms with Crippen LogP contribution in [0.3, 0.4) is 0 Å². The van der Waals surface area contributed by atoms with E-state index in [-0.39, 0.29) is 5.41 Å². The zero-order valence-electron chi connectivity index (χ0n) is 13.2. The van der Waals surface area contributed by atoms with Crippen LogP contribution in [-0.4, -0.2) is 26.6 Å². The smallest absolute Gasteiger partial charge is 0.232 e. The van der Waals surface area contributed by atoms with Crippen molar-refractivity contribution in [2.45, 2.75) is 51.6 Å². The fraction of sp³-hybridized carbons (Fsp3) is 0.562. The number of rotatable bonds is 3. The number of aromatic nitrogens is 3. The second-order valence-corrected chi connectivity index (χ2v) is 7.71. The zero-order chi connectivity index (χ0) is 15.7. The fourth-order valence-corrected chi connectivity index (χ4v) is 2.97. The van der Waals surface area contributed by atoms with Gasteiger partial charge in [0.05, 0.1) is 18.3 Å². The lowest BCUT2D eigenvalue weighted by Crippen LogP contribution is -2.24. The van der Waals surface area contributed by atoms with Gasteiger partial charge in [0.2, 0.25) is 5.89 Å². The van der Waals surface area contributed by atoms with Crippen molar-refractivity contribution in [3.05, 3.63) is 40.2 Å². The van der Waals surface area contributed by atoms with Crippen LogP contribution in [0.2, 0.25) is 0 Å². The van der Waals surface area contributed by atoms with Gasteiger partial charge < -0.3 is 4.52 Å². The van der Waals surface area contributed by atoms with Gasteiger partial charge in [-0.25, -0.2) is 0 Å². The van der Waals surface area contributed by atoms with Crippen LogP contribution in [0.15, 0.2) is 27.3 Å². The van der Waals surface area contributed by atoms with E-state index in [1.165, 1.54) is 6.42 Å². The quantitative estimate of drug-likeness (QED) is 0.827. The third-order valence-electron chi connectivity index (χ3n) is 3.91. The molecule has 0 radical (unpaired) electrons. The lowest BCUT2D eigenvalue weighted by Gasteiger charge is -2.22. The van der Waals surface area contributed by atoms with Crippen molar-refractivity contribution in [3.8, 4) is 0 Å². The summed E-state index contributed by atoms with van der Waals surface area (Å²) < 4.78 is 6.39. The van der Waals surface area contributed by atoms with Crippen molar-refractivity contribution >= 4 is 15.9 Å². The van der Waals surface area contributed by atoms with Crippen molar-refractivity contribution in [1.29, 1.82) is 0 Å². The Hall–Kier alpha value is -1.27. The molecule has 0 amide bonds. The standard InChI is InChI=1S/C16H21BrN4O/c1-16(2,3)15-19-14(20-22-15)10-21-8-4-5-13(21)12-7-6-11(17)9-18-12/h6-7,9,13H,4-5,8,10H2,1-3H3. The Morgan fingerprint density at radius 1 is 1.36 bits per heavy atom. The van der Waals surface area contributed by atoms with Gasteiger partial charge in [-0.15, -0.1) is 0 Å². The largest absolute Gasteiger partial charge is 0.339 e. The molecule has 0 aromatic carbocycles. The molecule has 2 aromatic rings. The maximum atomic E-state index is 5.39. The summed E-state index contributed by atoms with van der Waals surface area (Å²) in [5.41, 5.74) is 1.00. The third kappa shape index (κ3) is 3.38. The minimum absolute atomic E-state index is 0.108. The normalized spacial score (nSPS) is 19.7. The third-order valence-corrected chi connectivity index (χ3v) is 4.38.